The van der Waals surface area contributed by atoms with Gasteiger partial charge in [-0.1, -0.05) is 64.1 Å². The van der Waals surface area contributed by atoms with Crippen molar-refractivity contribution in [3.63, 3.8) is 0 Å². The summed E-state index contributed by atoms with van der Waals surface area (Å²) < 4.78 is 10.2. The first-order valence-electron chi connectivity index (χ1n) is 10.1. The molecule has 3 aromatic rings. The number of rotatable bonds is 4. The predicted octanol–water partition coefficient (Wildman–Crippen LogP) is 6.40. The summed E-state index contributed by atoms with van der Waals surface area (Å²) in [7, 11) is 0. The molecule has 0 spiro atoms. The van der Waals surface area contributed by atoms with E-state index in [9.17, 15) is 9.59 Å². The van der Waals surface area contributed by atoms with E-state index in [0.717, 1.165) is 27.6 Å². The zero-order valence-electron chi connectivity index (χ0n) is 18.1. The van der Waals surface area contributed by atoms with Gasteiger partial charge in [0.25, 0.3) is 0 Å². The van der Waals surface area contributed by atoms with Crippen LogP contribution in [0.2, 0.25) is 0 Å². The van der Waals surface area contributed by atoms with Crippen LogP contribution in [0.1, 0.15) is 45.7 Å². The normalized spacial score (nSPS) is 10.0. The molecule has 0 fully saturated rings. The van der Waals surface area contributed by atoms with Crippen molar-refractivity contribution in [1.29, 1.82) is 0 Å². The molecule has 0 saturated carbocycles. The maximum atomic E-state index is 12.0. The number of hydrogen-bond donors (Lipinski definition) is 0. The number of hydrogen-bond acceptors (Lipinski definition) is 4. The standard InChI is InChI=1S/C21H18O4.2C2H6/c1-3-24-20(22)11-9-15-8-10-17-18(13-21(23)25-19(17)12-15)16-7-5-4-6-14(16)2;2*1-2/h4-13H,3H2,1-2H3;2*1-2H3/b11-9+;;. The van der Waals surface area contributed by atoms with E-state index >= 15 is 0 Å². The van der Waals surface area contributed by atoms with Crippen LogP contribution in [-0.4, -0.2) is 12.6 Å². The van der Waals surface area contributed by atoms with Gasteiger partial charge in [-0.2, -0.15) is 0 Å². The molecule has 0 aliphatic heterocycles. The highest BCUT2D eigenvalue weighted by molar-refractivity contribution is 5.95. The first-order chi connectivity index (χ1) is 14.1. The van der Waals surface area contributed by atoms with E-state index in [2.05, 4.69) is 0 Å². The highest BCUT2D eigenvalue weighted by Gasteiger charge is 2.10. The topological polar surface area (TPSA) is 56.5 Å². The van der Waals surface area contributed by atoms with Crippen molar-refractivity contribution in [2.24, 2.45) is 0 Å². The van der Waals surface area contributed by atoms with Gasteiger partial charge in [-0.15, -0.1) is 0 Å². The van der Waals surface area contributed by atoms with Crippen molar-refractivity contribution in [3.05, 3.63) is 76.2 Å². The molecule has 29 heavy (non-hydrogen) atoms. The highest BCUT2D eigenvalue weighted by Crippen LogP contribution is 2.30. The van der Waals surface area contributed by atoms with Gasteiger partial charge in [0.2, 0.25) is 0 Å². The van der Waals surface area contributed by atoms with E-state index in [-0.39, 0.29) is 0 Å². The minimum Gasteiger partial charge on any atom is -0.463 e. The fourth-order valence-corrected chi connectivity index (χ4v) is 2.74. The van der Waals surface area contributed by atoms with Crippen LogP contribution in [0.4, 0.5) is 0 Å². The van der Waals surface area contributed by atoms with Crippen molar-refractivity contribution in [2.45, 2.75) is 41.5 Å². The van der Waals surface area contributed by atoms with Crippen LogP contribution < -0.4 is 5.63 Å². The maximum absolute atomic E-state index is 12.0. The Balaban J connectivity index is 0.000000989. The lowest BCUT2D eigenvalue weighted by molar-refractivity contribution is -0.137. The van der Waals surface area contributed by atoms with E-state index in [1.54, 1.807) is 19.1 Å². The summed E-state index contributed by atoms with van der Waals surface area (Å²) in [5.74, 6) is -0.405. The van der Waals surface area contributed by atoms with Crippen LogP contribution in [-0.2, 0) is 9.53 Å². The van der Waals surface area contributed by atoms with E-state index < -0.39 is 11.6 Å². The molecule has 1 aromatic heterocycles. The Bertz CT molecular complexity index is 1010. The average molecular weight is 395 g/mol. The maximum Gasteiger partial charge on any atom is 0.336 e. The molecular weight excluding hydrogens is 364 g/mol. The number of ether oxygens (including phenoxy) is 1. The third-order valence-electron chi connectivity index (χ3n) is 3.90. The molecule has 0 amide bonds. The monoisotopic (exact) mass is 394 g/mol. The molecule has 3 rings (SSSR count). The molecule has 2 aromatic carbocycles. The average Bonchev–Trinajstić information content (AvgIpc) is 2.75. The summed E-state index contributed by atoms with van der Waals surface area (Å²) in [5, 5.41) is 0.849. The van der Waals surface area contributed by atoms with Gasteiger partial charge in [0.05, 0.1) is 6.61 Å². The zero-order valence-corrected chi connectivity index (χ0v) is 18.1. The molecule has 0 radical (unpaired) electrons. The van der Waals surface area contributed by atoms with Gasteiger partial charge in [-0.3, -0.25) is 0 Å². The van der Waals surface area contributed by atoms with Crippen molar-refractivity contribution in [3.8, 4) is 11.1 Å². The molecule has 0 unspecified atom stereocenters. The highest BCUT2D eigenvalue weighted by atomic mass is 16.5. The fraction of sp³-hybridized carbons (Fsp3) is 0.280. The van der Waals surface area contributed by atoms with Gasteiger partial charge in [0.1, 0.15) is 5.58 Å². The molecule has 0 saturated heterocycles. The van der Waals surface area contributed by atoms with Gasteiger partial charge in [-0.25, -0.2) is 9.59 Å². The van der Waals surface area contributed by atoms with Gasteiger partial charge in [0, 0.05) is 23.1 Å². The van der Waals surface area contributed by atoms with Gasteiger partial charge in [-0.05, 0) is 42.7 Å². The molecule has 0 atom stereocenters. The van der Waals surface area contributed by atoms with Crippen molar-refractivity contribution in [1.82, 2.24) is 0 Å². The number of benzene rings is 2. The first kappa shape index (κ1) is 23.9. The summed E-state index contributed by atoms with van der Waals surface area (Å²) in [5.41, 5.74) is 3.75. The van der Waals surface area contributed by atoms with Crippen LogP contribution in [0.5, 0.6) is 0 Å². The predicted molar refractivity (Wildman–Crippen MR) is 121 cm³/mol. The summed E-state index contributed by atoms with van der Waals surface area (Å²) in [6, 6.07) is 14.9. The minimum atomic E-state index is -0.405. The Morgan fingerprint density at radius 3 is 2.34 bits per heavy atom. The Morgan fingerprint density at radius 1 is 1.00 bits per heavy atom. The molecule has 0 N–H and O–H groups in total. The first-order valence-corrected chi connectivity index (χ1v) is 10.1. The third-order valence-corrected chi connectivity index (χ3v) is 3.90. The number of carbonyl (C=O) groups excluding carboxylic acids is 1. The van der Waals surface area contributed by atoms with E-state index in [0.29, 0.717) is 12.2 Å². The second-order valence-electron chi connectivity index (χ2n) is 5.64. The Kier molecular flexibility index (Phi) is 10.2. The largest absolute Gasteiger partial charge is 0.463 e. The van der Waals surface area contributed by atoms with Crippen LogP contribution in [0.25, 0.3) is 28.2 Å². The lowest BCUT2D eigenvalue weighted by atomic mass is 9.97. The smallest absolute Gasteiger partial charge is 0.336 e. The van der Waals surface area contributed by atoms with Crippen LogP contribution >= 0.6 is 0 Å². The molecule has 0 aliphatic carbocycles. The number of fused-ring (bicyclic) bond motifs is 1. The van der Waals surface area contributed by atoms with Crippen molar-refractivity contribution < 1.29 is 13.9 Å². The van der Waals surface area contributed by atoms with Crippen molar-refractivity contribution in [2.75, 3.05) is 6.61 Å². The van der Waals surface area contributed by atoms with Crippen LogP contribution in [0.3, 0.4) is 0 Å². The number of esters is 1. The summed E-state index contributed by atoms with van der Waals surface area (Å²) in [6.45, 7) is 12.1. The molecule has 0 bridgehead atoms. The van der Waals surface area contributed by atoms with Gasteiger partial charge < -0.3 is 9.15 Å². The zero-order chi connectivity index (χ0) is 21.8. The molecule has 4 heteroatoms. The minimum absolute atomic E-state index is 0.329. The lowest BCUT2D eigenvalue weighted by Crippen LogP contribution is -1.99. The summed E-state index contributed by atoms with van der Waals surface area (Å²) >= 11 is 0. The third kappa shape index (κ3) is 6.46. The van der Waals surface area contributed by atoms with Gasteiger partial charge >= 0.3 is 11.6 Å². The van der Waals surface area contributed by atoms with Crippen LogP contribution in [0.15, 0.2) is 63.8 Å². The number of carbonyl (C=O) groups is 1. The Hall–Kier alpha value is -3.14. The van der Waals surface area contributed by atoms with Crippen LogP contribution in [0, 0.1) is 6.92 Å². The molecular formula is C25H30O4. The Labute approximate surface area is 172 Å². The molecule has 0 aliphatic rings. The SMILES string of the molecule is CC.CC.CCOC(=O)/C=C/c1ccc2c(-c3ccccc3C)cc(=O)oc2c1. The Morgan fingerprint density at radius 2 is 1.69 bits per heavy atom. The van der Waals surface area contributed by atoms with E-state index in [4.69, 9.17) is 9.15 Å². The number of aryl methyl sites for hydroxylation is 1. The fourth-order valence-electron chi connectivity index (χ4n) is 2.74. The summed E-state index contributed by atoms with van der Waals surface area (Å²) in [6.07, 6.45) is 2.99. The molecule has 4 nitrogen and oxygen atoms in total. The van der Waals surface area contributed by atoms with E-state index in [1.807, 2.05) is 71.0 Å². The second kappa shape index (κ2) is 12.3. The van der Waals surface area contributed by atoms with E-state index in [1.165, 1.54) is 12.1 Å². The van der Waals surface area contributed by atoms with Gasteiger partial charge in [0.15, 0.2) is 0 Å². The summed E-state index contributed by atoms with van der Waals surface area (Å²) in [4.78, 5) is 23.4. The quantitative estimate of drug-likeness (QED) is 0.292. The molecule has 1 heterocycles. The van der Waals surface area contributed by atoms with Crippen molar-refractivity contribution >= 4 is 23.0 Å². The lowest BCUT2D eigenvalue weighted by Gasteiger charge is -2.09. The molecule has 154 valence electrons. The second-order valence-corrected chi connectivity index (χ2v) is 5.64.